The maximum absolute atomic E-state index is 12.4. The molecular formula is C23H30N2O2. The van der Waals surface area contributed by atoms with Gasteiger partial charge in [-0.05, 0) is 41.2 Å². The van der Waals surface area contributed by atoms with Gasteiger partial charge in [-0.3, -0.25) is 9.69 Å². The first kappa shape index (κ1) is 19.4. The smallest absolute Gasteiger partial charge is 0.224 e. The standard InChI is InChI=1S/C23H30N2O2/c1-17(2)22(25-13-12-19-6-4-5-7-20(19)16-25)15-24-23(26)14-18-8-10-21(27-3)11-9-18/h4-11,17,22H,12-16H2,1-3H3,(H,24,26). The lowest BCUT2D eigenvalue weighted by Gasteiger charge is -2.38. The zero-order valence-electron chi connectivity index (χ0n) is 16.6. The number of carbonyl (C=O) groups excluding carboxylic acids is 1. The lowest BCUT2D eigenvalue weighted by atomic mass is 9.95. The predicted molar refractivity (Wildman–Crippen MR) is 109 cm³/mol. The fourth-order valence-electron chi connectivity index (χ4n) is 3.80. The molecule has 144 valence electrons. The van der Waals surface area contributed by atoms with Crippen LogP contribution in [-0.4, -0.2) is 37.0 Å². The molecule has 0 aliphatic carbocycles. The molecule has 1 heterocycles. The van der Waals surface area contributed by atoms with Crippen molar-refractivity contribution in [2.24, 2.45) is 5.92 Å². The number of amides is 1. The Kier molecular flexibility index (Phi) is 6.51. The summed E-state index contributed by atoms with van der Waals surface area (Å²) < 4.78 is 5.17. The summed E-state index contributed by atoms with van der Waals surface area (Å²) in [6, 6.07) is 16.7. The molecule has 0 bridgehead atoms. The van der Waals surface area contributed by atoms with Gasteiger partial charge in [-0.25, -0.2) is 0 Å². The molecule has 4 nitrogen and oxygen atoms in total. The molecule has 1 aliphatic rings. The SMILES string of the molecule is COc1ccc(CC(=O)NCC(C(C)C)N2CCc3ccccc3C2)cc1. The molecule has 3 rings (SSSR count). The summed E-state index contributed by atoms with van der Waals surface area (Å²) in [5, 5.41) is 3.15. The second-order valence-corrected chi connectivity index (χ2v) is 7.63. The Labute approximate surface area is 162 Å². The van der Waals surface area contributed by atoms with E-state index in [2.05, 4.69) is 48.3 Å². The van der Waals surface area contributed by atoms with Gasteiger partial charge in [-0.2, -0.15) is 0 Å². The number of ether oxygens (including phenoxy) is 1. The molecule has 2 aromatic rings. The summed E-state index contributed by atoms with van der Waals surface area (Å²) in [5.74, 6) is 1.36. The molecule has 2 aromatic carbocycles. The Morgan fingerprint density at radius 1 is 1.11 bits per heavy atom. The summed E-state index contributed by atoms with van der Waals surface area (Å²) in [5.41, 5.74) is 3.88. The van der Waals surface area contributed by atoms with Crippen LogP contribution in [0.2, 0.25) is 0 Å². The average Bonchev–Trinajstić information content (AvgIpc) is 2.68. The molecule has 0 fully saturated rings. The van der Waals surface area contributed by atoms with Crippen LogP contribution >= 0.6 is 0 Å². The lowest BCUT2D eigenvalue weighted by Crippen LogP contribution is -2.48. The summed E-state index contributed by atoms with van der Waals surface area (Å²) >= 11 is 0. The number of nitrogens with one attached hydrogen (secondary N) is 1. The first-order valence-electron chi connectivity index (χ1n) is 9.77. The molecule has 1 N–H and O–H groups in total. The molecule has 0 aromatic heterocycles. The number of hydrogen-bond acceptors (Lipinski definition) is 3. The number of methoxy groups -OCH3 is 1. The number of rotatable bonds is 7. The summed E-state index contributed by atoms with van der Waals surface area (Å²) in [6.45, 7) is 7.18. The minimum atomic E-state index is 0.0724. The van der Waals surface area contributed by atoms with Gasteiger partial charge in [-0.1, -0.05) is 50.2 Å². The van der Waals surface area contributed by atoms with Crippen LogP contribution in [0.5, 0.6) is 5.75 Å². The first-order valence-corrected chi connectivity index (χ1v) is 9.77. The van der Waals surface area contributed by atoms with Gasteiger partial charge in [0.15, 0.2) is 0 Å². The van der Waals surface area contributed by atoms with Crippen molar-refractivity contribution in [1.29, 1.82) is 0 Å². The fraction of sp³-hybridized carbons (Fsp3) is 0.435. The van der Waals surface area contributed by atoms with Crippen LogP contribution in [0.3, 0.4) is 0 Å². The fourth-order valence-corrected chi connectivity index (χ4v) is 3.80. The molecule has 1 aliphatic heterocycles. The molecule has 27 heavy (non-hydrogen) atoms. The third-order valence-corrected chi connectivity index (χ3v) is 5.43. The number of nitrogens with zero attached hydrogens (tertiary/aromatic N) is 1. The number of benzene rings is 2. The zero-order chi connectivity index (χ0) is 19.2. The topological polar surface area (TPSA) is 41.6 Å². The van der Waals surface area contributed by atoms with Crippen LogP contribution in [0.4, 0.5) is 0 Å². The summed E-state index contributed by atoms with van der Waals surface area (Å²) in [6.07, 6.45) is 1.48. The van der Waals surface area contributed by atoms with E-state index in [0.717, 1.165) is 30.8 Å². The highest BCUT2D eigenvalue weighted by Crippen LogP contribution is 2.22. The van der Waals surface area contributed by atoms with Crippen molar-refractivity contribution in [1.82, 2.24) is 10.2 Å². The van der Waals surface area contributed by atoms with Crippen molar-refractivity contribution >= 4 is 5.91 Å². The van der Waals surface area contributed by atoms with Crippen molar-refractivity contribution < 1.29 is 9.53 Å². The van der Waals surface area contributed by atoms with Crippen molar-refractivity contribution in [3.8, 4) is 5.75 Å². The molecule has 0 spiro atoms. The summed E-state index contributed by atoms with van der Waals surface area (Å²) in [7, 11) is 1.65. The van der Waals surface area contributed by atoms with Gasteiger partial charge in [0.2, 0.25) is 5.91 Å². The van der Waals surface area contributed by atoms with E-state index in [0.29, 0.717) is 24.9 Å². The van der Waals surface area contributed by atoms with Crippen LogP contribution in [0, 0.1) is 5.92 Å². The predicted octanol–water partition coefficient (Wildman–Crippen LogP) is 3.44. The maximum atomic E-state index is 12.4. The van der Waals surface area contributed by atoms with Crippen molar-refractivity contribution in [3.05, 3.63) is 65.2 Å². The zero-order valence-corrected chi connectivity index (χ0v) is 16.6. The van der Waals surface area contributed by atoms with Crippen LogP contribution < -0.4 is 10.1 Å². The highest BCUT2D eigenvalue weighted by atomic mass is 16.5. The van der Waals surface area contributed by atoms with Gasteiger partial charge in [-0.15, -0.1) is 0 Å². The third-order valence-electron chi connectivity index (χ3n) is 5.43. The molecule has 4 heteroatoms. The Balaban J connectivity index is 1.56. The van der Waals surface area contributed by atoms with Gasteiger partial charge >= 0.3 is 0 Å². The van der Waals surface area contributed by atoms with Gasteiger partial charge in [0, 0.05) is 25.7 Å². The second-order valence-electron chi connectivity index (χ2n) is 7.63. The van der Waals surface area contributed by atoms with Gasteiger partial charge in [0.05, 0.1) is 13.5 Å². The van der Waals surface area contributed by atoms with Gasteiger partial charge < -0.3 is 10.1 Å². The molecular weight excluding hydrogens is 336 g/mol. The second kappa shape index (κ2) is 9.05. The monoisotopic (exact) mass is 366 g/mol. The Bertz CT molecular complexity index is 755. The third kappa shape index (κ3) is 5.10. The van der Waals surface area contributed by atoms with E-state index in [-0.39, 0.29) is 5.91 Å². The van der Waals surface area contributed by atoms with E-state index in [1.165, 1.54) is 11.1 Å². The minimum Gasteiger partial charge on any atom is -0.497 e. The van der Waals surface area contributed by atoms with Crippen LogP contribution in [-0.2, 0) is 24.2 Å². The summed E-state index contributed by atoms with van der Waals surface area (Å²) in [4.78, 5) is 14.9. The van der Waals surface area contributed by atoms with Crippen molar-refractivity contribution in [2.45, 2.75) is 39.3 Å². The van der Waals surface area contributed by atoms with E-state index in [1.54, 1.807) is 7.11 Å². The Morgan fingerprint density at radius 2 is 1.81 bits per heavy atom. The first-order chi connectivity index (χ1) is 13.1. The number of fused-ring (bicyclic) bond motifs is 1. The normalized spacial score (nSPS) is 15.3. The highest BCUT2D eigenvalue weighted by molar-refractivity contribution is 5.78. The van der Waals surface area contributed by atoms with Gasteiger partial charge in [0.25, 0.3) is 0 Å². The van der Waals surface area contributed by atoms with E-state index in [1.807, 2.05) is 24.3 Å². The van der Waals surface area contributed by atoms with E-state index in [9.17, 15) is 4.79 Å². The minimum absolute atomic E-state index is 0.0724. The van der Waals surface area contributed by atoms with E-state index < -0.39 is 0 Å². The molecule has 1 atom stereocenters. The van der Waals surface area contributed by atoms with Crippen molar-refractivity contribution in [2.75, 3.05) is 20.2 Å². The van der Waals surface area contributed by atoms with Gasteiger partial charge in [0.1, 0.15) is 5.75 Å². The maximum Gasteiger partial charge on any atom is 0.224 e. The molecule has 0 saturated heterocycles. The number of carbonyl (C=O) groups is 1. The van der Waals surface area contributed by atoms with Crippen LogP contribution in [0.15, 0.2) is 48.5 Å². The molecule has 1 unspecified atom stereocenters. The van der Waals surface area contributed by atoms with E-state index in [4.69, 9.17) is 4.74 Å². The van der Waals surface area contributed by atoms with E-state index >= 15 is 0 Å². The lowest BCUT2D eigenvalue weighted by molar-refractivity contribution is -0.120. The quantitative estimate of drug-likeness (QED) is 0.816. The molecule has 1 amide bonds. The Morgan fingerprint density at radius 3 is 2.48 bits per heavy atom. The highest BCUT2D eigenvalue weighted by Gasteiger charge is 2.26. The van der Waals surface area contributed by atoms with Crippen molar-refractivity contribution in [3.63, 3.8) is 0 Å². The number of hydrogen-bond donors (Lipinski definition) is 1. The van der Waals surface area contributed by atoms with Crippen LogP contribution in [0.1, 0.15) is 30.5 Å². The van der Waals surface area contributed by atoms with Crippen LogP contribution in [0.25, 0.3) is 0 Å². The largest absolute Gasteiger partial charge is 0.497 e. The molecule has 0 radical (unpaired) electrons. The molecule has 0 saturated carbocycles. The average molecular weight is 367 g/mol. The Hall–Kier alpha value is -2.33.